The van der Waals surface area contributed by atoms with Crippen molar-refractivity contribution in [1.29, 1.82) is 0 Å². The van der Waals surface area contributed by atoms with Crippen LogP contribution < -0.4 is 5.32 Å². The zero-order valence-corrected chi connectivity index (χ0v) is 7.77. The minimum absolute atomic E-state index is 0.695. The highest BCUT2D eigenvalue weighted by molar-refractivity contribution is 4.74. The lowest BCUT2D eigenvalue weighted by Crippen LogP contribution is -2.49. The zero-order chi connectivity index (χ0) is 8.10. The number of nitrogens with one attached hydrogen (secondary N) is 1. The smallest absolute Gasteiger partial charge is 0.0167 e. The van der Waals surface area contributed by atoms with Crippen LogP contribution in [0, 0.1) is 0 Å². The van der Waals surface area contributed by atoms with Crippen LogP contribution in [0.1, 0.15) is 26.7 Å². The standard InChI is InChI=1S/C9H20N2/c1-3-4-6-11-7-5-10-9(2)8-11/h9-10H,3-8H2,1-2H3. The third-order valence-corrected chi connectivity index (χ3v) is 2.28. The first kappa shape index (κ1) is 9.01. The van der Waals surface area contributed by atoms with Crippen molar-refractivity contribution in [1.82, 2.24) is 10.2 Å². The monoisotopic (exact) mass is 156 g/mol. The summed E-state index contributed by atoms with van der Waals surface area (Å²) in [6, 6.07) is 0.695. The fourth-order valence-electron chi connectivity index (χ4n) is 1.60. The molecule has 1 fully saturated rings. The van der Waals surface area contributed by atoms with Gasteiger partial charge in [-0.25, -0.2) is 0 Å². The van der Waals surface area contributed by atoms with E-state index in [-0.39, 0.29) is 0 Å². The average molecular weight is 156 g/mol. The Hall–Kier alpha value is -0.0800. The van der Waals surface area contributed by atoms with Gasteiger partial charge in [-0.3, -0.25) is 0 Å². The van der Waals surface area contributed by atoms with Gasteiger partial charge in [0.05, 0.1) is 0 Å². The highest BCUT2D eigenvalue weighted by atomic mass is 15.2. The molecular weight excluding hydrogens is 136 g/mol. The van der Waals surface area contributed by atoms with Gasteiger partial charge >= 0.3 is 0 Å². The molecule has 1 heterocycles. The van der Waals surface area contributed by atoms with Gasteiger partial charge < -0.3 is 10.2 Å². The van der Waals surface area contributed by atoms with E-state index in [1.165, 1.54) is 39.0 Å². The van der Waals surface area contributed by atoms with Crippen LogP contribution in [0.2, 0.25) is 0 Å². The first-order valence-corrected chi connectivity index (χ1v) is 4.78. The topological polar surface area (TPSA) is 15.3 Å². The predicted octanol–water partition coefficient (Wildman–Crippen LogP) is 1.08. The molecule has 11 heavy (non-hydrogen) atoms. The van der Waals surface area contributed by atoms with Crippen LogP contribution in [0.5, 0.6) is 0 Å². The highest BCUT2D eigenvalue weighted by Crippen LogP contribution is 2.00. The molecule has 0 spiro atoms. The maximum atomic E-state index is 3.45. The van der Waals surface area contributed by atoms with E-state index in [1.54, 1.807) is 0 Å². The van der Waals surface area contributed by atoms with E-state index in [1.807, 2.05) is 0 Å². The SMILES string of the molecule is CCCCN1CCNC(C)C1. The van der Waals surface area contributed by atoms with Gasteiger partial charge in [0.15, 0.2) is 0 Å². The minimum atomic E-state index is 0.695. The van der Waals surface area contributed by atoms with Gasteiger partial charge in [-0.05, 0) is 19.9 Å². The molecule has 1 atom stereocenters. The molecule has 0 radical (unpaired) electrons. The first-order valence-electron chi connectivity index (χ1n) is 4.78. The fourth-order valence-corrected chi connectivity index (χ4v) is 1.60. The maximum Gasteiger partial charge on any atom is 0.0167 e. The summed E-state index contributed by atoms with van der Waals surface area (Å²) < 4.78 is 0. The lowest BCUT2D eigenvalue weighted by molar-refractivity contribution is 0.204. The van der Waals surface area contributed by atoms with Gasteiger partial charge in [0.1, 0.15) is 0 Å². The van der Waals surface area contributed by atoms with E-state index in [4.69, 9.17) is 0 Å². The predicted molar refractivity (Wildman–Crippen MR) is 48.8 cm³/mol. The van der Waals surface area contributed by atoms with Gasteiger partial charge in [0.2, 0.25) is 0 Å². The molecule has 1 aliphatic rings. The summed E-state index contributed by atoms with van der Waals surface area (Å²) in [5.74, 6) is 0. The molecule has 1 aliphatic heterocycles. The Morgan fingerprint density at radius 2 is 2.36 bits per heavy atom. The molecule has 0 aliphatic carbocycles. The highest BCUT2D eigenvalue weighted by Gasteiger charge is 2.13. The molecule has 0 aromatic heterocycles. The van der Waals surface area contributed by atoms with E-state index in [2.05, 4.69) is 24.1 Å². The Morgan fingerprint density at radius 3 is 3.00 bits per heavy atom. The summed E-state index contributed by atoms with van der Waals surface area (Å²) in [6.07, 6.45) is 2.67. The molecule has 1 unspecified atom stereocenters. The van der Waals surface area contributed by atoms with E-state index in [9.17, 15) is 0 Å². The zero-order valence-electron chi connectivity index (χ0n) is 7.77. The molecule has 1 rings (SSSR count). The molecule has 1 saturated heterocycles. The summed E-state index contributed by atoms with van der Waals surface area (Å²) in [4.78, 5) is 2.56. The number of hydrogen-bond acceptors (Lipinski definition) is 2. The van der Waals surface area contributed by atoms with Crippen molar-refractivity contribution in [3.63, 3.8) is 0 Å². The van der Waals surface area contributed by atoms with E-state index >= 15 is 0 Å². The van der Waals surface area contributed by atoms with Crippen LogP contribution in [-0.4, -0.2) is 37.1 Å². The van der Waals surface area contributed by atoms with Gasteiger partial charge in [-0.15, -0.1) is 0 Å². The second-order valence-electron chi connectivity index (χ2n) is 3.51. The Bertz CT molecular complexity index is 104. The van der Waals surface area contributed by atoms with Crippen molar-refractivity contribution in [3.8, 4) is 0 Å². The van der Waals surface area contributed by atoms with Crippen LogP contribution in [0.4, 0.5) is 0 Å². The molecule has 0 amide bonds. The summed E-state index contributed by atoms with van der Waals surface area (Å²) in [5, 5.41) is 3.45. The minimum Gasteiger partial charge on any atom is -0.312 e. The van der Waals surface area contributed by atoms with Crippen LogP contribution in [0.25, 0.3) is 0 Å². The normalized spacial score (nSPS) is 27.3. The lowest BCUT2D eigenvalue weighted by atomic mass is 10.2. The van der Waals surface area contributed by atoms with Gasteiger partial charge in [-0.2, -0.15) is 0 Å². The van der Waals surface area contributed by atoms with E-state index < -0.39 is 0 Å². The molecular formula is C9H20N2. The van der Waals surface area contributed by atoms with Gasteiger partial charge in [0.25, 0.3) is 0 Å². The second kappa shape index (κ2) is 4.73. The number of nitrogens with zero attached hydrogens (tertiary/aromatic N) is 1. The number of rotatable bonds is 3. The number of piperazine rings is 1. The van der Waals surface area contributed by atoms with Crippen LogP contribution in [0.15, 0.2) is 0 Å². The van der Waals surface area contributed by atoms with Crippen molar-refractivity contribution in [2.75, 3.05) is 26.2 Å². The van der Waals surface area contributed by atoms with E-state index in [0.717, 1.165) is 0 Å². The molecule has 0 saturated carbocycles. The molecule has 2 nitrogen and oxygen atoms in total. The van der Waals surface area contributed by atoms with Crippen molar-refractivity contribution in [3.05, 3.63) is 0 Å². The first-order chi connectivity index (χ1) is 5.33. The molecule has 66 valence electrons. The van der Waals surface area contributed by atoms with Gasteiger partial charge in [0, 0.05) is 25.7 Å². The van der Waals surface area contributed by atoms with E-state index in [0.29, 0.717) is 6.04 Å². The lowest BCUT2D eigenvalue weighted by Gasteiger charge is -2.31. The molecule has 0 bridgehead atoms. The Kier molecular flexibility index (Phi) is 3.87. The average Bonchev–Trinajstić information content (AvgIpc) is 2.01. The molecule has 1 N–H and O–H groups in total. The summed E-state index contributed by atoms with van der Waals surface area (Å²) in [5.41, 5.74) is 0. The molecule has 0 aromatic rings. The van der Waals surface area contributed by atoms with Crippen LogP contribution in [0.3, 0.4) is 0 Å². The fraction of sp³-hybridized carbons (Fsp3) is 1.00. The second-order valence-corrected chi connectivity index (χ2v) is 3.51. The molecule has 2 heteroatoms. The largest absolute Gasteiger partial charge is 0.312 e. The Labute approximate surface area is 70.0 Å². The van der Waals surface area contributed by atoms with Crippen LogP contribution >= 0.6 is 0 Å². The summed E-state index contributed by atoms with van der Waals surface area (Å²) >= 11 is 0. The van der Waals surface area contributed by atoms with Crippen molar-refractivity contribution < 1.29 is 0 Å². The van der Waals surface area contributed by atoms with Crippen molar-refractivity contribution in [2.45, 2.75) is 32.7 Å². The molecule has 0 aromatic carbocycles. The third-order valence-electron chi connectivity index (χ3n) is 2.28. The number of hydrogen-bond donors (Lipinski definition) is 1. The van der Waals surface area contributed by atoms with Crippen molar-refractivity contribution >= 4 is 0 Å². The quantitative estimate of drug-likeness (QED) is 0.658. The Balaban J connectivity index is 2.12. The summed E-state index contributed by atoms with van der Waals surface area (Å²) in [6.45, 7) is 9.46. The number of unbranched alkanes of at least 4 members (excludes halogenated alkanes) is 1. The van der Waals surface area contributed by atoms with Crippen LogP contribution in [-0.2, 0) is 0 Å². The van der Waals surface area contributed by atoms with Crippen molar-refractivity contribution in [2.24, 2.45) is 0 Å². The summed E-state index contributed by atoms with van der Waals surface area (Å²) in [7, 11) is 0. The maximum absolute atomic E-state index is 3.45. The van der Waals surface area contributed by atoms with Gasteiger partial charge in [-0.1, -0.05) is 13.3 Å². The third kappa shape index (κ3) is 3.21. The Morgan fingerprint density at radius 1 is 1.55 bits per heavy atom.